The van der Waals surface area contributed by atoms with Crippen molar-refractivity contribution in [3.63, 3.8) is 0 Å². The van der Waals surface area contributed by atoms with E-state index in [2.05, 4.69) is 25.9 Å². The van der Waals surface area contributed by atoms with Crippen LogP contribution in [0.3, 0.4) is 0 Å². The van der Waals surface area contributed by atoms with Crippen LogP contribution in [0, 0.1) is 11.7 Å². The van der Waals surface area contributed by atoms with Crippen molar-refractivity contribution in [3.8, 4) is 11.3 Å². The van der Waals surface area contributed by atoms with Crippen molar-refractivity contribution in [2.24, 2.45) is 11.1 Å². The maximum absolute atomic E-state index is 13.5. The molecule has 1 unspecified atom stereocenters. The Bertz CT molecular complexity index is 1350. The molecular weight excluding hydrogens is 461 g/mol. The highest BCUT2D eigenvalue weighted by Gasteiger charge is 2.26. The number of hydrogen-bond acceptors (Lipinski definition) is 9. The first-order valence-corrected chi connectivity index (χ1v) is 11.2. The Kier molecular flexibility index (Phi) is 6.73. The predicted molar refractivity (Wildman–Crippen MR) is 127 cm³/mol. The summed E-state index contributed by atoms with van der Waals surface area (Å²) in [6.45, 7) is 3.66. The number of oxime groups is 1. The predicted octanol–water partition coefficient (Wildman–Crippen LogP) is 4.76. The van der Waals surface area contributed by atoms with E-state index >= 15 is 0 Å². The number of esters is 1. The van der Waals surface area contributed by atoms with Gasteiger partial charge in [-0.25, -0.2) is 14.2 Å². The van der Waals surface area contributed by atoms with Crippen molar-refractivity contribution < 1.29 is 23.7 Å². The number of hydrogen-bond donors (Lipinski definition) is 3. The number of nitrogens with zero attached hydrogens (tertiary/aromatic N) is 3. The van der Waals surface area contributed by atoms with Gasteiger partial charge in [-0.2, -0.15) is 0 Å². The highest BCUT2D eigenvalue weighted by molar-refractivity contribution is 7.22. The largest absolute Gasteiger partial charge is 0.467 e. The number of carbonyl (C=O) groups excluding carboxylic acids is 1. The molecule has 0 saturated heterocycles. The molecule has 0 radical (unpaired) electrons. The lowest BCUT2D eigenvalue weighted by atomic mass is 10.0. The fourth-order valence-corrected chi connectivity index (χ4v) is 4.19. The average Bonchev–Trinajstić information content (AvgIpc) is 3.46. The number of methoxy groups -OCH3 is 1. The highest BCUT2D eigenvalue weighted by Crippen LogP contribution is 2.30. The minimum Gasteiger partial charge on any atom is -0.467 e. The summed E-state index contributed by atoms with van der Waals surface area (Å²) in [4.78, 5) is 16.5. The second-order valence-corrected chi connectivity index (χ2v) is 8.78. The standard InChI is InChI=1S/C23H22FN5O4S/c1-12(2)20(22(30)32-3)27-21(28-31)18-11-17(29-33-18)13-5-4-6-15(9-13)25-23-26-16-8-7-14(24)10-19(16)34-23/h4-12,20,31H,1-3H3,(H,25,26)(H,27,28). The number of benzene rings is 2. The Hall–Kier alpha value is -3.99. The van der Waals surface area contributed by atoms with Crippen molar-refractivity contribution >= 4 is 44.2 Å². The molecule has 1 atom stereocenters. The molecule has 0 spiro atoms. The summed E-state index contributed by atoms with van der Waals surface area (Å²) in [6.07, 6.45) is 0. The van der Waals surface area contributed by atoms with Crippen LogP contribution < -0.4 is 10.6 Å². The molecule has 0 aliphatic rings. The van der Waals surface area contributed by atoms with Gasteiger partial charge >= 0.3 is 5.97 Å². The van der Waals surface area contributed by atoms with Crippen LogP contribution in [-0.4, -0.2) is 40.3 Å². The van der Waals surface area contributed by atoms with E-state index in [-0.39, 0.29) is 23.3 Å². The molecule has 11 heteroatoms. The van der Waals surface area contributed by atoms with E-state index in [1.54, 1.807) is 12.1 Å². The summed E-state index contributed by atoms with van der Waals surface area (Å²) >= 11 is 1.35. The minimum absolute atomic E-state index is 0.0427. The van der Waals surface area contributed by atoms with Gasteiger partial charge < -0.3 is 25.1 Å². The van der Waals surface area contributed by atoms with Crippen LogP contribution in [0.4, 0.5) is 15.2 Å². The number of halogens is 1. The number of thiazole rings is 1. The molecule has 3 N–H and O–H groups in total. The number of anilines is 2. The molecule has 34 heavy (non-hydrogen) atoms. The van der Waals surface area contributed by atoms with Gasteiger partial charge in [0.15, 0.2) is 5.13 Å². The summed E-state index contributed by atoms with van der Waals surface area (Å²) < 4.78 is 24.4. The molecular formula is C23H22FN5O4S. The Morgan fingerprint density at radius 2 is 2.06 bits per heavy atom. The monoisotopic (exact) mass is 483 g/mol. The maximum Gasteiger partial charge on any atom is 0.328 e. The normalized spacial score (nSPS) is 12.7. The number of ether oxygens (including phenoxy) is 1. The molecule has 0 amide bonds. The van der Waals surface area contributed by atoms with E-state index in [0.717, 1.165) is 16.0 Å². The van der Waals surface area contributed by atoms with Crippen molar-refractivity contribution in [1.29, 1.82) is 0 Å². The second kappa shape index (κ2) is 9.87. The van der Waals surface area contributed by atoms with E-state index in [1.165, 1.54) is 30.6 Å². The van der Waals surface area contributed by atoms with Crippen molar-refractivity contribution in [1.82, 2.24) is 15.5 Å². The Balaban J connectivity index is 1.53. The van der Waals surface area contributed by atoms with Crippen molar-refractivity contribution in [2.45, 2.75) is 19.9 Å². The molecule has 0 bridgehead atoms. The van der Waals surface area contributed by atoms with Gasteiger partial charge in [0, 0.05) is 17.3 Å². The lowest BCUT2D eigenvalue weighted by Gasteiger charge is -2.20. The van der Waals surface area contributed by atoms with Gasteiger partial charge in [-0.1, -0.05) is 47.6 Å². The zero-order valence-corrected chi connectivity index (χ0v) is 19.4. The Labute approximate surface area is 198 Å². The van der Waals surface area contributed by atoms with Gasteiger partial charge in [-0.05, 0) is 36.2 Å². The summed E-state index contributed by atoms with van der Waals surface area (Å²) in [5.74, 6) is -0.823. The molecule has 4 aromatic rings. The van der Waals surface area contributed by atoms with Crippen LogP contribution in [0.5, 0.6) is 0 Å². The number of amidine groups is 1. The lowest BCUT2D eigenvalue weighted by Crippen LogP contribution is -2.45. The van der Waals surface area contributed by atoms with Crippen LogP contribution in [-0.2, 0) is 9.53 Å². The molecule has 9 nitrogen and oxygen atoms in total. The van der Waals surface area contributed by atoms with Gasteiger partial charge in [0.1, 0.15) is 17.6 Å². The first-order valence-electron chi connectivity index (χ1n) is 10.3. The molecule has 2 aromatic heterocycles. The quantitative estimate of drug-likeness (QED) is 0.113. The fourth-order valence-electron chi connectivity index (χ4n) is 3.28. The minimum atomic E-state index is -0.737. The average molecular weight is 484 g/mol. The van der Waals surface area contributed by atoms with E-state index < -0.39 is 12.0 Å². The summed E-state index contributed by atoms with van der Waals surface area (Å²) in [7, 11) is 1.29. The van der Waals surface area contributed by atoms with Crippen LogP contribution >= 0.6 is 11.3 Å². The third-order valence-electron chi connectivity index (χ3n) is 5.02. The van der Waals surface area contributed by atoms with Crippen LogP contribution in [0.2, 0.25) is 0 Å². The van der Waals surface area contributed by atoms with Crippen LogP contribution in [0.15, 0.2) is 58.2 Å². The summed E-state index contributed by atoms with van der Waals surface area (Å²) in [6, 6.07) is 12.7. The number of aromatic nitrogens is 2. The topological polar surface area (TPSA) is 122 Å². The third-order valence-corrected chi connectivity index (χ3v) is 5.95. The zero-order chi connectivity index (χ0) is 24.2. The van der Waals surface area contributed by atoms with Gasteiger partial charge in [0.2, 0.25) is 11.6 Å². The molecule has 0 aliphatic heterocycles. The Morgan fingerprint density at radius 1 is 1.24 bits per heavy atom. The highest BCUT2D eigenvalue weighted by atomic mass is 32.1. The van der Waals surface area contributed by atoms with E-state index in [9.17, 15) is 14.4 Å². The number of rotatable bonds is 7. The van der Waals surface area contributed by atoms with Gasteiger partial charge in [-0.3, -0.25) is 0 Å². The molecule has 2 heterocycles. The van der Waals surface area contributed by atoms with E-state index in [1.807, 2.05) is 38.1 Å². The molecule has 176 valence electrons. The molecule has 0 fully saturated rings. The van der Waals surface area contributed by atoms with Crippen LogP contribution in [0.1, 0.15) is 19.6 Å². The van der Waals surface area contributed by atoms with Crippen LogP contribution in [0.25, 0.3) is 21.5 Å². The molecule has 2 aromatic carbocycles. The first kappa shape index (κ1) is 23.2. The zero-order valence-electron chi connectivity index (χ0n) is 18.6. The second-order valence-electron chi connectivity index (χ2n) is 7.75. The molecule has 0 saturated carbocycles. The number of carbonyl (C=O) groups is 1. The summed E-state index contributed by atoms with van der Waals surface area (Å²) in [5, 5.41) is 23.4. The first-order chi connectivity index (χ1) is 16.4. The number of nitrogens with one attached hydrogen (secondary N) is 2. The van der Waals surface area contributed by atoms with Crippen molar-refractivity contribution in [3.05, 3.63) is 60.1 Å². The third kappa shape index (κ3) is 4.99. The molecule has 0 aliphatic carbocycles. The number of fused-ring (bicyclic) bond motifs is 1. The van der Waals surface area contributed by atoms with E-state index in [4.69, 9.17) is 9.26 Å². The van der Waals surface area contributed by atoms with Crippen molar-refractivity contribution in [2.75, 3.05) is 12.4 Å². The summed E-state index contributed by atoms with van der Waals surface area (Å²) in [5.41, 5.74) is 2.69. The maximum atomic E-state index is 13.5. The smallest absolute Gasteiger partial charge is 0.328 e. The van der Waals surface area contributed by atoms with E-state index in [0.29, 0.717) is 16.3 Å². The SMILES string of the molecule is COC(=O)C(NC(=NO)c1cc(-c2cccc(Nc3nc4ccc(F)cc4s3)c2)no1)C(C)C. The Morgan fingerprint density at radius 3 is 2.79 bits per heavy atom. The fraction of sp³-hybridized carbons (Fsp3) is 0.217. The van der Waals surface area contributed by atoms with Gasteiger partial charge in [0.25, 0.3) is 0 Å². The molecule has 4 rings (SSSR count). The van der Waals surface area contributed by atoms with Gasteiger partial charge in [-0.15, -0.1) is 0 Å². The lowest BCUT2D eigenvalue weighted by molar-refractivity contribution is -0.143. The van der Waals surface area contributed by atoms with Gasteiger partial charge in [0.05, 0.1) is 17.3 Å².